The van der Waals surface area contributed by atoms with Gasteiger partial charge in [0.2, 0.25) is 0 Å². The van der Waals surface area contributed by atoms with Crippen LogP contribution in [0.25, 0.3) is 11.1 Å². The molecule has 2 N–H and O–H groups in total. The lowest BCUT2D eigenvalue weighted by molar-refractivity contribution is 0.244. The molecule has 0 saturated heterocycles. The van der Waals surface area contributed by atoms with E-state index in [1.165, 1.54) is 0 Å². The number of benzene rings is 2. The van der Waals surface area contributed by atoms with Crippen LogP contribution in [0.5, 0.6) is 11.5 Å². The Morgan fingerprint density at radius 3 is 1.96 bits per heavy atom. The van der Waals surface area contributed by atoms with E-state index in [4.69, 9.17) is 9.47 Å². The lowest BCUT2D eigenvalue weighted by Gasteiger charge is -2.18. The van der Waals surface area contributed by atoms with E-state index in [9.17, 15) is 10.2 Å². The first-order valence-corrected chi connectivity index (χ1v) is 9.18. The van der Waals surface area contributed by atoms with Gasteiger partial charge in [-0.05, 0) is 52.8 Å². The largest absolute Gasteiger partial charge is 0.493 e. The minimum Gasteiger partial charge on any atom is -0.493 e. The van der Waals surface area contributed by atoms with E-state index in [2.05, 4.69) is 27.7 Å². The number of rotatable bonds is 9. The molecule has 0 unspecified atom stereocenters. The van der Waals surface area contributed by atoms with E-state index >= 15 is 0 Å². The molecule has 0 atom stereocenters. The lowest BCUT2D eigenvalue weighted by Crippen LogP contribution is -2.08. The van der Waals surface area contributed by atoms with E-state index in [0.717, 1.165) is 28.0 Å². The van der Waals surface area contributed by atoms with Crippen LogP contribution in [0.3, 0.4) is 0 Å². The fourth-order valence-electron chi connectivity index (χ4n) is 2.59. The summed E-state index contributed by atoms with van der Waals surface area (Å²) in [5.41, 5.74) is 3.32. The van der Waals surface area contributed by atoms with Gasteiger partial charge in [0.1, 0.15) is 11.5 Å². The Morgan fingerprint density at radius 1 is 0.808 bits per heavy atom. The van der Waals surface area contributed by atoms with Crippen LogP contribution in [0.1, 0.15) is 38.8 Å². The minimum absolute atomic E-state index is 0.0771. The maximum atomic E-state index is 9.92. The Morgan fingerprint density at radius 2 is 1.42 bits per heavy atom. The van der Waals surface area contributed by atoms with Crippen molar-refractivity contribution in [2.24, 2.45) is 11.8 Å². The first kappa shape index (κ1) is 20.3. The van der Waals surface area contributed by atoms with Crippen LogP contribution >= 0.6 is 0 Å². The summed E-state index contributed by atoms with van der Waals surface area (Å²) in [6.07, 6.45) is 0. The molecule has 0 bridgehead atoms. The zero-order valence-corrected chi connectivity index (χ0v) is 16.2. The second-order valence-corrected chi connectivity index (χ2v) is 7.37. The average Bonchev–Trinajstić information content (AvgIpc) is 2.64. The van der Waals surface area contributed by atoms with Crippen LogP contribution in [0.4, 0.5) is 0 Å². The average molecular weight is 358 g/mol. The number of hydrogen-bond acceptors (Lipinski definition) is 4. The van der Waals surface area contributed by atoms with Crippen LogP contribution in [0.2, 0.25) is 0 Å². The van der Waals surface area contributed by atoms with Gasteiger partial charge in [0, 0.05) is 5.56 Å². The van der Waals surface area contributed by atoms with Gasteiger partial charge in [-0.2, -0.15) is 0 Å². The lowest BCUT2D eigenvalue weighted by atomic mass is 9.96. The molecule has 4 heteroatoms. The molecule has 2 aromatic carbocycles. The molecular weight excluding hydrogens is 328 g/mol. The topological polar surface area (TPSA) is 58.9 Å². The van der Waals surface area contributed by atoms with Gasteiger partial charge in [0.05, 0.1) is 26.4 Å². The third-order valence-electron chi connectivity index (χ3n) is 3.93. The summed E-state index contributed by atoms with van der Waals surface area (Å²) >= 11 is 0. The van der Waals surface area contributed by atoms with Gasteiger partial charge >= 0.3 is 0 Å². The van der Waals surface area contributed by atoms with Crippen LogP contribution in [0, 0.1) is 11.8 Å². The minimum atomic E-state index is -0.125. The van der Waals surface area contributed by atoms with E-state index < -0.39 is 0 Å². The van der Waals surface area contributed by atoms with Crippen molar-refractivity contribution in [2.75, 3.05) is 13.2 Å². The molecule has 26 heavy (non-hydrogen) atoms. The van der Waals surface area contributed by atoms with E-state index in [1.54, 1.807) is 6.07 Å². The van der Waals surface area contributed by atoms with Crippen LogP contribution in [-0.4, -0.2) is 23.4 Å². The molecule has 0 radical (unpaired) electrons. The highest BCUT2D eigenvalue weighted by Crippen LogP contribution is 2.34. The fraction of sp³-hybridized carbons (Fsp3) is 0.455. The molecule has 0 spiro atoms. The monoisotopic (exact) mass is 358 g/mol. The summed E-state index contributed by atoms with van der Waals surface area (Å²) in [6.45, 7) is 9.41. The Labute approximate surface area is 156 Å². The van der Waals surface area contributed by atoms with Crippen molar-refractivity contribution < 1.29 is 19.7 Å². The Bertz CT molecular complexity index is 690. The van der Waals surface area contributed by atoms with Crippen molar-refractivity contribution in [2.45, 2.75) is 40.9 Å². The van der Waals surface area contributed by atoms with Crippen LogP contribution < -0.4 is 9.47 Å². The first-order valence-electron chi connectivity index (χ1n) is 9.18. The van der Waals surface area contributed by atoms with Gasteiger partial charge < -0.3 is 19.7 Å². The molecule has 0 saturated carbocycles. The van der Waals surface area contributed by atoms with Crippen LogP contribution in [0.15, 0.2) is 36.4 Å². The quantitative estimate of drug-likeness (QED) is 0.697. The van der Waals surface area contributed by atoms with Crippen molar-refractivity contribution in [1.29, 1.82) is 0 Å². The SMILES string of the molecule is CC(C)COc1ccc(-c2cc(CO)cc(OCC(C)C)c2CO)cc1. The number of aliphatic hydroxyl groups excluding tert-OH is 2. The molecule has 4 nitrogen and oxygen atoms in total. The highest BCUT2D eigenvalue weighted by molar-refractivity contribution is 5.71. The molecule has 0 amide bonds. The smallest absolute Gasteiger partial charge is 0.125 e. The summed E-state index contributed by atoms with van der Waals surface area (Å²) in [5.74, 6) is 2.29. The number of hydrogen-bond donors (Lipinski definition) is 2. The second kappa shape index (κ2) is 9.60. The van der Waals surface area contributed by atoms with Gasteiger partial charge in [0.25, 0.3) is 0 Å². The maximum Gasteiger partial charge on any atom is 0.125 e. The van der Waals surface area contributed by atoms with Crippen molar-refractivity contribution >= 4 is 0 Å². The molecule has 0 fully saturated rings. The predicted octanol–water partition coefficient (Wildman–Crippen LogP) is 4.41. The number of aliphatic hydroxyl groups is 2. The summed E-state index contributed by atoms with van der Waals surface area (Å²) in [7, 11) is 0. The molecule has 2 rings (SSSR count). The van der Waals surface area contributed by atoms with Gasteiger partial charge in [-0.25, -0.2) is 0 Å². The third kappa shape index (κ3) is 5.48. The zero-order chi connectivity index (χ0) is 19.1. The summed E-state index contributed by atoms with van der Waals surface area (Å²) in [6, 6.07) is 11.5. The molecular formula is C22H30O4. The standard InChI is InChI=1S/C22H30O4/c1-15(2)13-25-19-7-5-18(6-8-19)20-9-17(11-23)10-22(21(20)12-24)26-14-16(3)4/h5-10,15-16,23-24H,11-14H2,1-4H3. The fourth-order valence-corrected chi connectivity index (χ4v) is 2.59. The van der Waals surface area contributed by atoms with E-state index in [1.807, 2.05) is 30.3 Å². The normalized spacial score (nSPS) is 11.2. The van der Waals surface area contributed by atoms with Gasteiger partial charge in [-0.1, -0.05) is 39.8 Å². The molecule has 0 heterocycles. The molecule has 142 valence electrons. The van der Waals surface area contributed by atoms with Crippen molar-refractivity contribution in [3.63, 3.8) is 0 Å². The summed E-state index contributed by atoms with van der Waals surface area (Å²) < 4.78 is 11.6. The van der Waals surface area contributed by atoms with Crippen molar-refractivity contribution in [3.8, 4) is 22.6 Å². The van der Waals surface area contributed by atoms with E-state index in [0.29, 0.717) is 30.8 Å². The highest BCUT2D eigenvalue weighted by atomic mass is 16.5. The van der Waals surface area contributed by atoms with Crippen LogP contribution in [-0.2, 0) is 13.2 Å². The predicted molar refractivity (Wildman–Crippen MR) is 104 cm³/mol. The number of ether oxygens (including phenoxy) is 2. The van der Waals surface area contributed by atoms with Crippen molar-refractivity contribution in [1.82, 2.24) is 0 Å². The van der Waals surface area contributed by atoms with Gasteiger partial charge in [0.15, 0.2) is 0 Å². The van der Waals surface area contributed by atoms with Crippen molar-refractivity contribution in [3.05, 3.63) is 47.5 Å². The molecule has 2 aromatic rings. The highest BCUT2D eigenvalue weighted by Gasteiger charge is 2.14. The Hall–Kier alpha value is -2.04. The Kier molecular flexibility index (Phi) is 7.49. The maximum absolute atomic E-state index is 9.92. The molecule has 0 aromatic heterocycles. The summed E-state index contributed by atoms with van der Waals surface area (Å²) in [4.78, 5) is 0. The van der Waals surface area contributed by atoms with Gasteiger partial charge in [-0.15, -0.1) is 0 Å². The summed E-state index contributed by atoms with van der Waals surface area (Å²) in [5, 5.41) is 19.5. The Balaban J connectivity index is 2.35. The molecule has 0 aliphatic heterocycles. The third-order valence-corrected chi connectivity index (χ3v) is 3.93. The first-order chi connectivity index (χ1) is 12.4. The van der Waals surface area contributed by atoms with E-state index in [-0.39, 0.29) is 13.2 Å². The molecule has 0 aliphatic carbocycles. The zero-order valence-electron chi connectivity index (χ0n) is 16.2. The van der Waals surface area contributed by atoms with Gasteiger partial charge in [-0.3, -0.25) is 0 Å². The molecule has 0 aliphatic rings. The second-order valence-electron chi connectivity index (χ2n) is 7.37.